The molecule has 6 heteroatoms. The zero-order chi connectivity index (χ0) is 18.2. The molecule has 0 aliphatic rings. The van der Waals surface area contributed by atoms with E-state index in [2.05, 4.69) is 15.6 Å². The summed E-state index contributed by atoms with van der Waals surface area (Å²) in [5.74, 6) is 0.546. The van der Waals surface area contributed by atoms with Crippen molar-refractivity contribution < 1.29 is 13.5 Å². The molecule has 2 N–H and O–H groups in total. The van der Waals surface area contributed by atoms with Gasteiger partial charge >= 0.3 is 0 Å². The SMILES string of the molecule is CN=C(NCCc1cc(F)ccc1F)NCc1ccc(C)cc1OC. The van der Waals surface area contributed by atoms with Crippen LogP contribution in [-0.2, 0) is 13.0 Å². The smallest absolute Gasteiger partial charge is 0.191 e. The van der Waals surface area contributed by atoms with Crippen molar-refractivity contribution in [3.05, 3.63) is 64.7 Å². The lowest BCUT2D eigenvalue weighted by Gasteiger charge is -2.14. The van der Waals surface area contributed by atoms with Crippen LogP contribution in [0.1, 0.15) is 16.7 Å². The third-order valence-electron chi connectivity index (χ3n) is 3.81. The first-order valence-electron chi connectivity index (χ1n) is 8.05. The van der Waals surface area contributed by atoms with Gasteiger partial charge in [0.25, 0.3) is 0 Å². The number of nitrogens with zero attached hydrogens (tertiary/aromatic N) is 1. The average molecular weight is 347 g/mol. The number of halogens is 2. The molecule has 0 heterocycles. The highest BCUT2D eigenvalue weighted by Crippen LogP contribution is 2.19. The molecule has 0 aliphatic carbocycles. The van der Waals surface area contributed by atoms with E-state index in [1.165, 1.54) is 6.07 Å². The average Bonchev–Trinajstić information content (AvgIpc) is 2.61. The molecule has 134 valence electrons. The maximum Gasteiger partial charge on any atom is 0.191 e. The molecule has 0 saturated heterocycles. The lowest BCUT2D eigenvalue weighted by molar-refractivity contribution is 0.408. The van der Waals surface area contributed by atoms with E-state index in [-0.39, 0.29) is 0 Å². The van der Waals surface area contributed by atoms with Gasteiger partial charge in [0.05, 0.1) is 7.11 Å². The molecule has 2 aromatic carbocycles. The predicted molar refractivity (Wildman–Crippen MR) is 96.0 cm³/mol. The Morgan fingerprint density at radius 3 is 2.60 bits per heavy atom. The Hall–Kier alpha value is -2.63. The van der Waals surface area contributed by atoms with Crippen molar-refractivity contribution in [2.45, 2.75) is 19.9 Å². The topological polar surface area (TPSA) is 45.7 Å². The van der Waals surface area contributed by atoms with Gasteiger partial charge in [-0.05, 0) is 48.7 Å². The van der Waals surface area contributed by atoms with E-state index in [4.69, 9.17) is 4.74 Å². The summed E-state index contributed by atoms with van der Waals surface area (Å²) in [6, 6.07) is 9.45. The number of guanidine groups is 1. The summed E-state index contributed by atoms with van der Waals surface area (Å²) in [6.45, 7) is 2.98. The quantitative estimate of drug-likeness (QED) is 0.623. The molecule has 0 spiro atoms. The molecule has 0 unspecified atom stereocenters. The van der Waals surface area contributed by atoms with Gasteiger partial charge in [-0.2, -0.15) is 0 Å². The minimum absolute atomic E-state index is 0.336. The minimum Gasteiger partial charge on any atom is -0.496 e. The lowest BCUT2D eigenvalue weighted by Crippen LogP contribution is -2.38. The first-order valence-corrected chi connectivity index (χ1v) is 8.05. The van der Waals surface area contributed by atoms with Gasteiger partial charge in [-0.25, -0.2) is 8.78 Å². The van der Waals surface area contributed by atoms with Crippen LogP contribution in [0.15, 0.2) is 41.4 Å². The Bertz CT molecular complexity index is 747. The Kier molecular flexibility index (Phi) is 6.74. The maximum atomic E-state index is 13.6. The van der Waals surface area contributed by atoms with Crippen molar-refractivity contribution in [1.29, 1.82) is 0 Å². The van der Waals surface area contributed by atoms with Gasteiger partial charge in [-0.1, -0.05) is 12.1 Å². The van der Waals surface area contributed by atoms with Crippen LogP contribution >= 0.6 is 0 Å². The monoisotopic (exact) mass is 347 g/mol. The van der Waals surface area contributed by atoms with Gasteiger partial charge in [0.15, 0.2) is 5.96 Å². The summed E-state index contributed by atoms with van der Waals surface area (Å²) < 4.78 is 32.2. The molecule has 0 aliphatic heterocycles. The highest BCUT2D eigenvalue weighted by atomic mass is 19.1. The summed E-state index contributed by atoms with van der Waals surface area (Å²) in [4.78, 5) is 4.13. The minimum atomic E-state index is -0.439. The normalized spacial score (nSPS) is 11.3. The number of nitrogens with one attached hydrogen (secondary N) is 2. The third-order valence-corrected chi connectivity index (χ3v) is 3.81. The van der Waals surface area contributed by atoms with E-state index in [0.29, 0.717) is 31.0 Å². The number of hydrogen-bond acceptors (Lipinski definition) is 2. The Morgan fingerprint density at radius 2 is 1.88 bits per heavy atom. The van der Waals surface area contributed by atoms with Crippen LogP contribution in [0, 0.1) is 18.6 Å². The van der Waals surface area contributed by atoms with Crippen LogP contribution in [0.25, 0.3) is 0 Å². The van der Waals surface area contributed by atoms with Crippen molar-refractivity contribution in [2.75, 3.05) is 20.7 Å². The van der Waals surface area contributed by atoms with Crippen molar-refractivity contribution >= 4 is 5.96 Å². The fourth-order valence-corrected chi connectivity index (χ4v) is 2.45. The van der Waals surface area contributed by atoms with Crippen molar-refractivity contribution in [1.82, 2.24) is 10.6 Å². The number of aryl methyl sites for hydroxylation is 1. The Morgan fingerprint density at radius 1 is 1.08 bits per heavy atom. The fourth-order valence-electron chi connectivity index (χ4n) is 2.45. The zero-order valence-corrected chi connectivity index (χ0v) is 14.7. The lowest BCUT2D eigenvalue weighted by atomic mass is 10.1. The van der Waals surface area contributed by atoms with Gasteiger partial charge in [0.2, 0.25) is 0 Å². The molecule has 0 aromatic heterocycles. The van der Waals surface area contributed by atoms with Gasteiger partial charge in [0.1, 0.15) is 17.4 Å². The first-order chi connectivity index (χ1) is 12.0. The van der Waals surface area contributed by atoms with Gasteiger partial charge in [0, 0.05) is 25.7 Å². The molecule has 0 radical (unpaired) electrons. The third kappa shape index (κ3) is 5.45. The van der Waals surface area contributed by atoms with Crippen LogP contribution < -0.4 is 15.4 Å². The number of methoxy groups -OCH3 is 1. The second-order valence-electron chi connectivity index (χ2n) is 5.65. The fraction of sp³-hybridized carbons (Fsp3) is 0.316. The summed E-state index contributed by atoms with van der Waals surface area (Å²) in [5.41, 5.74) is 2.47. The highest BCUT2D eigenvalue weighted by Gasteiger charge is 2.06. The molecule has 2 aromatic rings. The molecule has 25 heavy (non-hydrogen) atoms. The zero-order valence-electron chi connectivity index (χ0n) is 14.7. The molecule has 0 saturated carbocycles. The van der Waals surface area contributed by atoms with E-state index < -0.39 is 11.6 Å². The summed E-state index contributed by atoms with van der Waals surface area (Å²) >= 11 is 0. The largest absolute Gasteiger partial charge is 0.496 e. The van der Waals surface area contributed by atoms with E-state index >= 15 is 0 Å². The number of hydrogen-bond donors (Lipinski definition) is 2. The Balaban J connectivity index is 1.88. The summed E-state index contributed by atoms with van der Waals surface area (Å²) in [5, 5.41) is 6.28. The van der Waals surface area contributed by atoms with Crippen LogP contribution in [0.2, 0.25) is 0 Å². The molecular weight excluding hydrogens is 324 g/mol. The van der Waals surface area contributed by atoms with Gasteiger partial charge < -0.3 is 15.4 Å². The van der Waals surface area contributed by atoms with Crippen molar-refractivity contribution in [3.63, 3.8) is 0 Å². The second-order valence-corrected chi connectivity index (χ2v) is 5.65. The highest BCUT2D eigenvalue weighted by molar-refractivity contribution is 5.79. The predicted octanol–water partition coefficient (Wildman–Crippen LogP) is 3.19. The van der Waals surface area contributed by atoms with Gasteiger partial charge in [-0.3, -0.25) is 4.99 Å². The molecule has 0 bridgehead atoms. The summed E-state index contributed by atoms with van der Waals surface area (Å²) in [6.07, 6.45) is 0.359. The first kappa shape index (κ1) is 18.7. The second kappa shape index (κ2) is 9.01. The standard InChI is InChI=1S/C19H23F2N3O/c1-13-4-5-15(18(10-13)25-3)12-24-19(22-2)23-9-8-14-11-16(20)6-7-17(14)21/h4-7,10-11H,8-9,12H2,1-3H3,(H2,22,23,24). The molecule has 4 nitrogen and oxygen atoms in total. The van der Waals surface area contributed by atoms with E-state index in [0.717, 1.165) is 29.0 Å². The van der Waals surface area contributed by atoms with E-state index in [9.17, 15) is 8.78 Å². The summed E-state index contributed by atoms with van der Waals surface area (Å²) in [7, 11) is 3.29. The molecular formula is C19H23F2N3O. The molecule has 0 amide bonds. The van der Waals surface area contributed by atoms with Crippen LogP contribution in [0.3, 0.4) is 0 Å². The number of ether oxygens (including phenoxy) is 1. The van der Waals surface area contributed by atoms with E-state index in [1.807, 2.05) is 25.1 Å². The molecule has 0 atom stereocenters. The number of benzene rings is 2. The van der Waals surface area contributed by atoms with Crippen LogP contribution in [-0.4, -0.2) is 26.7 Å². The van der Waals surface area contributed by atoms with Gasteiger partial charge in [-0.15, -0.1) is 0 Å². The molecule has 0 fully saturated rings. The molecule has 2 rings (SSSR count). The van der Waals surface area contributed by atoms with Crippen LogP contribution in [0.4, 0.5) is 8.78 Å². The number of rotatable bonds is 6. The number of aliphatic imine (C=N–C) groups is 1. The van der Waals surface area contributed by atoms with Crippen molar-refractivity contribution in [2.24, 2.45) is 4.99 Å². The van der Waals surface area contributed by atoms with Crippen molar-refractivity contribution in [3.8, 4) is 5.75 Å². The van der Waals surface area contributed by atoms with Crippen LogP contribution in [0.5, 0.6) is 5.75 Å². The Labute approximate surface area is 146 Å². The van der Waals surface area contributed by atoms with E-state index in [1.54, 1.807) is 14.2 Å². The maximum absolute atomic E-state index is 13.6.